The van der Waals surface area contributed by atoms with E-state index in [9.17, 15) is 9.59 Å². The van der Waals surface area contributed by atoms with Crippen molar-refractivity contribution in [2.75, 3.05) is 6.61 Å². The molecule has 0 saturated carbocycles. The Bertz CT molecular complexity index is 408. The topological polar surface area (TPSA) is 63.6 Å². The fourth-order valence-electron chi connectivity index (χ4n) is 1.63. The molecule has 0 saturated heterocycles. The van der Waals surface area contributed by atoms with Crippen LogP contribution >= 0.6 is 0 Å². The number of ether oxygens (including phenoxy) is 1. The van der Waals surface area contributed by atoms with Crippen molar-refractivity contribution in [3.63, 3.8) is 0 Å². The summed E-state index contributed by atoms with van der Waals surface area (Å²) in [5, 5.41) is 8.59. The van der Waals surface area contributed by atoms with Crippen molar-refractivity contribution < 1.29 is 19.4 Å². The monoisotopic (exact) mass is 250 g/mol. The van der Waals surface area contributed by atoms with Gasteiger partial charge in [-0.3, -0.25) is 9.59 Å². The van der Waals surface area contributed by atoms with Crippen LogP contribution in [0.5, 0.6) is 0 Å². The molecule has 0 fully saturated rings. The first kappa shape index (κ1) is 14.2. The van der Waals surface area contributed by atoms with E-state index in [2.05, 4.69) is 0 Å². The lowest BCUT2D eigenvalue weighted by Crippen LogP contribution is -2.12. The van der Waals surface area contributed by atoms with E-state index in [0.717, 1.165) is 11.1 Å². The molecule has 1 N–H and O–H groups in total. The average molecular weight is 250 g/mol. The minimum Gasteiger partial charge on any atom is -0.481 e. The molecule has 4 heteroatoms. The molecule has 0 unspecified atom stereocenters. The SMILES string of the molecule is CCOC(=O)[C@H](C)c1ccc(CCC(=O)O)cc1. The van der Waals surface area contributed by atoms with Gasteiger partial charge >= 0.3 is 11.9 Å². The first-order valence-electron chi connectivity index (χ1n) is 6.01. The van der Waals surface area contributed by atoms with Crippen LogP contribution in [0.4, 0.5) is 0 Å². The first-order chi connectivity index (χ1) is 8.54. The van der Waals surface area contributed by atoms with Crippen LogP contribution in [0.15, 0.2) is 24.3 Å². The van der Waals surface area contributed by atoms with E-state index in [4.69, 9.17) is 9.84 Å². The molecular weight excluding hydrogens is 232 g/mol. The zero-order valence-corrected chi connectivity index (χ0v) is 10.7. The standard InChI is InChI=1S/C14H18O4/c1-3-18-14(17)10(2)12-7-4-11(5-8-12)6-9-13(15)16/h4-5,7-8,10H,3,6,9H2,1-2H3,(H,15,16)/t10-/m1/s1. The molecule has 0 aliphatic rings. The van der Waals surface area contributed by atoms with Crippen LogP contribution in [-0.2, 0) is 20.7 Å². The van der Waals surface area contributed by atoms with Crippen molar-refractivity contribution in [2.45, 2.75) is 32.6 Å². The molecule has 4 nitrogen and oxygen atoms in total. The van der Waals surface area contributed by atoms with Gasteiger partial charge in [-0.15, -0.1) is 0 Å². The number of hydrogen-bond donors (Lipinski definition) is 1. The van der Waals surface area contributed by atoms with Gasteiger partial charge in [-0.2, -0.15) is 0 Å². The number of rotatable bonds is 6. The summed E-state index contributed by atoms with van der Waals surface area (Å²) in [6.07, 6.45) is 0.621. The fourth-order valence-corrected chi connectivity index (χ4v) is 1.63. The summed E-state index contributed by atoms with van der Waals surface area (Å²) in [4.78, 5) is 22.0. The molecule has 1 aromatic rings. The highest BCUT2D eigenvalue weighted by atomic mass is 16.5. The maximum atomic E-state index is 11.5. The van der Waals surface area contributed by atoms with Gasteiger partial charge in [0.1, 0.15) is 0 Å². The van der Waals surface area contributed by atoms with Crippen molar-refractivity contribution in [1.29, 1.82) is 0 Å². The van der Waals surface area contributed by atoms with Crippen LogP contribution in [0.25, 0.3) is 0 Å². The number of carbonyl (C=O) groups excluding carboxylic acids is 1. The van der Waals surface area contributed by atoms with Gasteiger partial charge in [0.05, 0.1) is 12.5 Å². The van der Waals surface area contributed by atoms with E-state index in [1.165, 1.54) is 0 Å². The second kappa shape index (κ2) is 6.79. The van der Waals surface area contributed by atoms with Gasteiger partial charge in [0.2, 0.25) is 0 Å². The first-order valence-corrected chi connectivity index (χ1v) is 6.01. The molecule has 0 spiro atoms. The smallest absolute Gasteiger partial charge is 0.313 e. The van der Waals surface area contributed by atoms with Crippen molar-refractivity contribution in [1.82, 2.24) is 0 Å². The molecule has 18 heavy (non-hydrogen) atoms. The Balaban J connectivity index is 2.64. The summed E-state index contributed by atoms with van der Waals surface area (Å²) in [7, 11) is 0. The minimum atomic E-state index is -0.807. The summed E-state index contributed by atoms with van der Waals surface area (Å²) >= 11 is 0. The minimum absolute atomic E-state index is 0.118. The highest BCUT2D eigenvalue weighted by Crippen LogP contribution is 2.18. The number of carboxylic acid groups (broad SMARTS) is 1. The zero-order chi connectivity index (χ0) is 13.5. The molecule has 0 radical (unpaired) electrons. The van der Waals surface area contributed by atoms with Crippen molar-refractivity contribution in [3.8, 4) is 0 Å². The van der Waals surface area contributed by atoms with Gasteiger partial charge in [0.15, 0.2) is 0 Å². The predicted octanol–water partition coefficient (Wildman–Crippen LogP) is 2.37. The Morgan fingerprint density at radius 3 is 2.39 bits per heavy atom. The molecule has 0 heterocycles. The second-order valence-corrected chi connectivity index (χ2v) is 4.11. The molecule has 1 aromatic carbocycles. The summed E-state index contributed by atoms with van der Waals surface area (Å²) in [5.41, 5.74) is 1.84. The van der Waals surface area contributed by atoms with Crippen LogP contribution in [0.1, 0.15) is 37.3 Å². The Kier molecular flexibility index (Phi) is 5.36. The second-order valence-electron chi connectivity index (χ2n) is 4.11. The molecule has 1 rings (SSSR count). The number of carbonyl (C=O) groups is 2. The van der Waals surface area contributed by atoms with E-state index >= 15 is 0 Å². The number of aryl methyl sites for hydroxylation is 1. The summed E-state index contributed by atoms with van der Waals surface area (Å²) in [5.74, 6) is -1.34. The van der Waals surface area contributed by atoms with Gasteiger partial charge in [0.25, 0.3) is 0 Å². The van der Waals surface area contributed by atoms with Crippen LogP contribution in [0, 0.1) is 0 Å². The maximum absolute atomic E-state index is 11.5. The number of carboxylic acids is 1. The third-order valence-electron chi connectivity index (χ3n) is 2.75. The third kappa shape index (κ3) is 4.20. The van der Waals surface area contributed by atoms with E-state index in [0.29, 0.717) is 13.0 Å². The Labute approximate surface area is 107 Å². The van der Waals surface area contributed by atoms with E-state index in [-0.39, 0.29) is 18.3 Å². The molecule has 0 bridgehead atoms. The van der Waals surface area contributed by atoms with Gasteiger partial charge in [-0.1, -0.05) is 24.3 Å². The molecular formula is C14H18O4. The quantitative estimate of drug-likeness (QED) is 0.787. The van der Waals surface area contributed by atoms with Crippen molar-refractivity contribution in [2.24, 2.45) is 0 Å². The lowest BCUT2D eigenvalue weighted by molar-refractivity contribution is -0.144. The Hall–Kier alpha value is -1.84. The molecule has 1 atom stereocenters. The fraction of sp³-hybridized carbons (Fsp3) is 0.429. The molecule has 0 aromatic heterocycles. The van der Waals surface area contributed by atoms with E-state index in [1.807, 2.05) is 24.3 Å². The van der Waals surface area contributed by atoms with E-state index < -0.39 is 5.97 Å². The highest BCUT2D eigenvalue weighted by Gasteiger charge is 2.15. The van der Waals surface area contributed by atoms with Gasteiger partial charge in [-0.05, 0) is 31.4 Å². The van der Waals surface area contributed by atoms with E-state index in [1.54, 1.807) is 13.8 Å². The Morgan fingerprint density at radius 2 is 1.89 bits per heavy atom. The number of hydrogen-bond acceptors (Lipinski definition) is 3. The number of esters is 1. The van der Waals surface area contributed by atoms with Crippen molar-refractivity contribution in [3.05, 3.63) is 35.4 Å². The van der Waals surface area contributed by atoms with Crippen LogP contribution in [-0.4, -0.2) is 23.7 Å². The Morgan fingerprint density at radius 1 is 1.28 bits per heavy atom. The summed E-state index contributed by atoms with van der Waals surface area (Å²) < 4.78 is 4.95. The van der Waals surface area contributed by atoms with Crippen LogP contribution < -0.4 is 0 Å². The third-order valence-corrected chi connectivity index (χ3v) is 2.75. The van der Waals surface area contributed by atoms with Gasteiger partial charge < -0.3 is 9.84 Å². The predicted molar refractivity (Wildman–Crippen MR) is 67.4 cm³/mol. The molecule has 98 valence electrons. The van der Waals surface area contributed by atoms with Gasteiger partial charge in [-0.25, -0.2) is 0 Å². The molecule has 0 amide bonds. The van der Waals surface area contributed by atoms with Crippen LogP contribution in [0.3, 0.4) is 0 Å². The number of benzene rings is 1. The molecule has 0 aliphatic heterocycles. The summed E-state index contributed by atoms with van der Waals surface area (Å²) in [6.45, 7) is 3.95. The molecule has 0 aliphatic carbocycles. The largest absolute Gasteiger partial charge is 0.481 e. The van der Waals surface area contributed by atoms with Crippen LogP contribution in [0.2, 0.25) is 0 Å². The normalized spacial score (nSPS) is 11.9. The lowest BCUT2D eigenvalue weighted by Gasteiger charge is -2.11. The highest BCUT2D eigenvalue weighted by molar-refractivity contribution is 5.77. The number of aliphatic carboxylic acids is 1. The van der Waals surface area contributed by atoms with Crippen molar-refractivity contribution >= 4 is 11.9 Å². The maximum Gasteiger partial charge on any atom is 0.313 e. The average Bonchev–Trinajstić information content (AvgIpc) is 2.36. The van der Waals surface area contributed by atoms with Gasteiger partial charge in [0, 0.05) is 6.42 Å². The lowest BCUT2D eigenvalue weighted by atomic mass is 9.99. The summed E-state index contributed by atoms with van der Waals surface area (Å²) in [6, 6.07) is 7.40. The zero-order valence-electron chi connectivity index (χ0n) is 10.7.